The van der Waals surface area contributed by atoms with Crippen LogP contribution in [0.5, 0.6) is 5.75 Å². The van der Waals surface area contributed by atoms with E-state index in [0.29, 0.717) is 35.4 Å². The van der Waals surface area contributed by atoms with Crippen molar-refractivity contribution in [2.24, 2.45) is 0 Å². The van der Waals surface area contributed by atoms with Crippen molar-refractivity contribution in [3.05, 3.63) is 101 Å². The van der Waals surface area contributed by atoms with Crippen LogP contribution in [0.3, 0.4) is 0 Å². The van der Waals surface area contributed by atoms with E-state index in [-0.39, 0.29) is 12.3 Å². The van der Waals surface area contributed by atoms with Crippen molar-refractivity contribution in [2.75, 3.05) is 19.1 Å². The van der Waals surface area contributed by atoms with Gasteiger partial charge in [0.2, 0.25) is 12.3 Å². The van der Waals surface area contributed by atoms with Crippen LogP contribution in [0, 0.1) is 5.82 Å². The molecule has 0 saturated heterocycles. The molecule has 1 heterocycles. The van der Waals surface area contributed by atoms with E-state index in [1.807, 2.05) is 30.4 Å². The Kier molecular flexibility index (Phi) is 8.58. The van der Waals surface area contributed by atoms with E-state index in [9.17, 15) is 14.0 Å². The van der Waals surface area contributed by atoms with Gasteiger partial charge in [0.1, 0.15) is 17.6 Å². The number of hydrogen-bond acceptors (Lipinski definition) is 3. The Bertz CT molecular complexity index is 1440. The van der Waals surface area contributed by atoms with Gasteiger partial charge in [0.05, 0.1) is 7.11 Å². The predicted octanol–water partition coefficient (Wildman–Crippen LogP) is 5.45. The molecule has 0 spiro atoms. The van der Waals surface area contributed by atoms with E-state index in [2.05, 4.69) is 29.4 Å². The number of amides is 2. The number of ether oxygens (including phenoxy) is 1. The topological polar surface area (TPSA) is 74.4 Å². The number of H-pyrrole nitrogens is 1. The third-order valence-corrected chi connectivity index (χ3v) is 6.67. The van der Waals surface area contributed by atoms with Gasteiger partial charge in [-0.2, -0.15) is 0 Å². The minimum atomic E-state index is -0.850. The van der Waals surface area contributed by atoms with Gasteiger partial charge in [-0.15, -0.1) is 0 Å². The van der Waals surface area contributed by atoms with Crippen LogP contribution in [-0.2, 0) is 28.9 Å². The summed E-state index contributed by atoms with van der Waals surface area (Å²) in [7, 11) is 3.21. The van der Waals surface area contributed by atoms with Gasteiger partial charge in [0, 0.05) is 42.2 Å². The largest absolute Gasteiger partial charge is 0.497 e. The number of methoxy groups -OCH3 is 1. The summed E-state index contributed by atoms with van der Waals surface area (Å²) in [5.41, 5.74) is 5.49. The zero-order valence-corrected chi connectivity index (χ0v) is 21.8. The van der Waals surface area contributed by atoms with Crippen molar-refractivity contribution in [2.45, 2.75) is 32.2 Å². The molecule has 0 saturated carbocycles. The minimum Gasteiger partial charge on any atom is -0.497 e. The summed E-state index contributed by atoms with van der Waals surface area (Å²) < 4.78 is 19.7. The zero-order valence-electron chi connectivity index (χ0n) is 21.8. The fourth-order valence-corrected chi connectivity index (χ4v) is 4.74. The highest BCUT2D eigenvalue weighted by atomic mass is 19.1. The fraction of sp³-hybridized carbons (Fsp3) is 0.226. The van der Waals surface area contributed by atoms with E-state index in [4.69, 9.17) is 4.74 Å². The van der Waals surface area contributed by atoms with Gasteiger partial charge in [-0.1, -0.05) is 43.3 Å². The third-order valence-electron chi connectivity index (χ3n) is 6.67. The molecular weight excluding hydrogens is 481 g/mol. The van der Waals surface area contributed by atoms with Crippen molar-refractivity contribution in [1.29, 1.82) is 0 Å². The Morgan fingerprint density at radius 1 is 1.13 bits per heavy atom. The number of aromatic amines is 1. The molecule has 1 aromatic heterocycles. The van der Waals surface area contributed by atoms with Crippen LogP contribution in [0.4, 0.5) is 10.1 Å². The second-order valence-corrected chi connectivity index (χ2v) is 9.12. The van der Waals surface area contributed by atoms with Gasteiger partial charge in [-0.3, -0.25) is 9.59 Å². The number of halogens is 1. The lowest BCUT2D eigenvalue weighted by Crippen LogP contribution is -2.46. The Morgan fingerprint density at radius 2 is 1.89 bits per heavy atom. The van der Waals surface area contributed by atoms with Crippen molar-refractivity contribution in [3.8, 4) is 5.75 Å². The molecule has 0 aliphatic rings. The fourth-order valence-electron chi connectivity index (χ4n) is 4.74. The molecule has 2 N–H and O–H groups in total. The first-order valence-electron chi connectivity index (χ1n) is 12.6. The van der Waals surface area contributed by atoms with Gasteiger partial charge in [0.25, 0.3) is 0 Å². The lowest BCUT2D eigenvalue weighted by atomic mass is 10.0. The molecule has 2 amide bonds. The summed E-state index contributed by atoms with van der Waals surface area (Å²) in [6.45, 7) is 2.14. The molecule has 3 aromatic carbocycles. The van der Waals surface area contributed by atoms with E-state index >= 15 is 0 Å². The van der Waals surface area contributed by atoms with Crippen molar-refractivity contribution >= 4 is 35.0 Å². The van der Waals surface area contributed by atoms with E-state index in [1.165, 1.54) is 28.0 Å². The molecule has 0 radical (unpaired) electrons. The number of likely N-dealkylation sites (N-methyl/N-ethyl adjacent to an activating group) is 1. The van der Waals surface area contributed by atoms with E-state index in [1.54, 1.807) is 38.4 Å². The first kappa shape index (κ1) is 26.7. The molecule has 196 valence electrons. The van der Waals surface area contributed by atoms with Crippen molar-refractivity contribution in [1.82, 2.24) is 10.3 Å². The number of para-hydroxylation sites is 1. The van der Waals surface area contributed by atoms with Crippen molar-refractivity contribution < 1.29 is 18.7 Å². The molecule has 0 bridgehead atoms. The average Bonchev–Trinajstić information content (AvgIpc) is 3.29. The molecule has 7 heteroatoms. The number of aromatic nitrogens is 1. The number of benzene rings is 3. The number of rotatable bonds is 11. The molecule has 6 nitrogen and oxygen atoms in total. The van der Waals surface area contributed by atoms with Gasteiger partial charge in [0.15, 0.2) is 0 Å². The number of fused-ring (bicyclic) bond motifs is 1. The molecule has 1 unspecified atom stereocenters. The molecule has 1 atom stereocenters. The van der Waals surface area contributed by atoms with E-state index < -0.39 is 11.9 Å². The van der Waals surface area contributed by atoms with Crippen LogP contribution in [0.2, 0.25) is 0 Å². The summed E-state index contributed by atoms with van der Waals surface area (Å²) in [5, 5.41) is 3.82. The predicted molar refractivity (Wildman–Crippen MR) is 150 cm³/mol. The number of nitrogens with zero attached hydrogens (tertiary/aromatic N) is 1. The Hall–Kier alpha value is -4.39. The average molecular weight is 514 g/mol. The second kappa shape index (κ2) is 12.2. The lowest BCUT2D eigenvalue weighted by molar-refractivity contribution is -0.122. The summed E-state index contributed by atoms with van der Waals surface area (Å²) in [5.74, 6) is -0.0367. The first-order valence-corrected chi connectivity index (χ1v) is 12.6. The molecule has 0 aliphatic heterocycles. The quantitative estimate of drug-likeness (QED) is 0.262. The van der Waals surface area contributed by atoms with E-state index in [0.717, 1.165) is 17.6 Å². The smallest absolute Gasteiger partial charge is 0.249 e. The molecule has 38 heavy (non-hydrogen) atoms. The lowest BCUT2D eigenvalue weighted by Gasteiger charge is -2.24. The standard InChI is InChI=1S/C31H32FN3O3/c1-4-26-27-9-5-6-10-29(27)34-28(26)11-7-8-21-16-22(18-23(32)17-21)19-30(33-20-36)31(37)35(2)24-12-14-25(38-3)15-13-24/h5-10,12-18,20,30,34H,4,11,19H2,1-3H3,(H,33,36)/b8-7-. The molecule has 0 fully saturated rings. The molecular formula is C31H32FN3O3. The highest BCUT2D eigenvalue weighted by molar-refractivity contribution is 5.97. The maximum Gasteiger partial charge on any atom is 0.249 e. The molecule has 4 rings (SSSR count). The SMILES string of the molecule is CCc1c(C/C=C\c2cc(F)cc(CC(NC=O)C(=O)N(C)c3ccc(OC)cc3)c2)[nH]c2ccccc12. The Morgan fingerprint density at radius 3 is 2.61 bits per heavy atom. The summed E-state index contributed by atoms with van der Waals surface area (Å²) >= 11 is 0. The maximum absolute atomic E-state index is 14.5. The van der Waals surface area contributed by atoms with Crippen LogP contribution in [0.15, 0.2) is 72.8 Å². The number of anilines is 1. The number of aryl methyl sites for hydroxylation is 1. The van der Waals surface area contributed by atoms with Gasteiger partial charge in [-0.25, -0.2) is 4.39 Å². The normalized spacial score (nSPS) is 12.0. The summed E-state index contributed by atoms with van der Waals surface area (Å²) in [6.07, 6.45) is 6.14. The second-order valence-electron chi connectivity index (χ2n) is 9.12. The van der Waals surface area contributed by atoms with Crippen LogP contribution in [0.1, 0.15) is 29.3 Å². The van der Waals surface area contributed by atoms with Crippen molar-refractivity contribution in [3.63, 3.8) is 0 Å². The highest BCUT2D eigenvalue weighted by Gasteiger charge is 2.23. The number of nitrogens with one attached hydrogen (secondary N) is 2. The van der Waals surface area contributed by atoms with Crippen LogP contribution >= 0.6 is 0 Å². The number of carbonyl (C=O) groups is 2. The van der Waals surface area contributed by atoms with Crippen LogP contribution in [-0.4, -0.2) is 37.5 Å². The molecule has 0 aliphatic carbocycles. The highest BCUT2D eigenvalue weighted by Crippen LogP contribution is 2.24. The number of carbonyl (C=O) groups excluding carboxylic acids is 2. The van der Waals surface area contributed by atoms with Crippen LogP contribution < -0.4 is 15.0 Å². The summed E-state index contributed by atoms with van der Waals surface area (Å²) in [4.78, 5) is 29.4. The maximum atomic E-state index is 14.5. The van der Waals surface area contributed by atoms with Gasteiger partial charge >= 0.3 is 0 Å². The van der Waals surface area contributed by atoms with Gasteiger partial charge < -0.3 is 19.9 Å². The first-order chi connectivity index (χ1) is 18.4. The minimum absolute atomic E-state index is 0.151. The van der Waals surface area contributed by atoms with Crippen LogP contribution in [0.25, 0.3) is 17.0 Å². The molecule has 4 aromatic rings. The third kappa shape index (κ3) is 6.11. The summed E-state index contributed by atoms with van der Waals surface area (Å²) in [6, 6.07) is 19.1. The zero-order chi connectivity index (χ0) is 27.1. The number of hydrogen-bond donors (Lipinski definition) is 2. The monoisotopic (exact) mass is 513 g/mol. The Labute approximate surface area is 222 Å². The van der Waals surface area contributed by atoms with Gasteiger partial charge in [-0.05, 0) is 65.6 Å². The Balaban J connectivity index is 1.49. The number of allylic oxidation sites excluding steroid dienone is 1.